The molecule has 2 aromatic rings. The molecule has 0 atom stereocenters. The molecular weight excluding hydrogens is 276 g/mol. The third-order valence-corrected chi connectivity index (χ3v) is 2.96. The molecule has 21 heavy (non-hydrogen) atoms. The molecule has 0 aliphatic carbocycles. The predicted molar refractivity (Wildman–Crippen MR) is 73.8 cm³/mol. The maximum Gasteiger partial charge on any atom is 0.328 e. The Morgan fingerprint density at radius 2 is 2.14 bits per heavy atom. The molecule has 8 nitrogen and oxygen atoms in total. The Balaban J connectivity index is 2.79. The van der Waals surface area contributed by atoms with E-state index in [1.807, 2.05) is 0 Å². The molecule has 2 rings (SSSR count). The molecular formula is C13H10N4O4. The summed E-state index contributed by atoms with van der Waals surface area (Å²) in [5.41, 5.74) is -1.61. The van der Waals surface area contributed by atoms with Gasteiger partial charge in [0.05, 0.1) is 10.6 Å². The van der Waals surface area contributed by atoms with Gasteiger partial charge in [-0.25, -0.2) is 4.79 Å². The van der Waals surface area contributed by atoms with Gasteiger partial charge in [-0.15, -0.1) is 0 Å². The summed E-state index contributed by atoms with van der Waals surface area (Å²) in [7, 11) is 0. The topological polar surface area (TPSA) is 122 Å². The number of benzene rings is 1. The van der Waals surface area contributed by atoms with E-state index in [9.17, 15) is 19.7 Å². The van der Waals surface area contributed by atoms with Crippen molar-refractivity contribution in [3.8, 4) is 17.3 Å². The maximum atomic E-state index is 12.1. The van der Waals surface area contributed by atoms with Gasteiger partial charge in [0.1, 0.15) is 11.6 Å². The van der Waals surface area contributed by atoms with Crippen molar-refractivity contribution in [1.82, 2.24) is 9.55 Å². The third kappa shape index (κ3) is 2.44. The van der Waals surface area contributed by atoms with Crippen LogP contribution in [0, 0.1) is 21.4 Å². The zero-order valence-electron chi connectivity index (χ0n) is 11.0. The average molecular weight is 286 g/mol. The largest absolute Gasteiger partial charge is 0.328 e. The smallest absolute Gasteiger partial charge is 0.305 e. The van der Waals surface area contributed by atoms with E-state index in [4.69, 9.17) is 5.26 Å². The highest BCUT2D eigenvalue weighted by molar-refractivity contribution is 5.67. The summed E-state index contributed by atoms with van der Waals surface area (Å²) in [6, 6.07) is 7.11. The van der Waals surface area contributed by atoms with Crippen LogP contribution in [0.4, 0.5) is 5.69 Å². The van der Waals surface area contributed by atoms with Crippen LogP contribution in [-0.4, -0.2) is 14.5 Å². The second kappa shape index (κ2) is 5.42. The minimum Gasteiger partial charge on any atom is -0.305 e. The summed E-state index contributed by atoms with van der Waals surface area (Å²) >= 11 is 0. The van der Waals surface area contributed by atoms with Crippen LogP contribution in [0.25, 0.3) is 11.3 Å². The van der Waals surface area contributed by atoms with Gasteiger partial charge in [0.25, 0.3) is 11.2 Å². The highest BCUT2D eigenvalue weighted by Gasteiger charge is 2.16. The fraction of sp³-hybridized carbons (Fsp3) is 0.154. The molecule has 0 fully saturated rings. The van der Waals surface area contributed by atoms with Gasteiger partial charge in [-0.05, 0) is 6.92 Å². The molecule has 1 heterocycles. The van der Waals surface area contributed by atoms with E-state index in [2.05, 4.69) is 4.98 Å². The number of non-ortho nitro benzene ring substituents is 1. The number of nitrogens with one attached hydrogen (secondary N) is 1. The Hall–Kier alpha value is -3.21. The molecule has 0 bridgehead atoms. The van der Waals surface area contributed by atoms with Crippen molar-refractivity contribution in [3.63, 3.8) is 0 Å². The number of nitriles is 1. The number of hydrogen-bond acceptors (Lipinski definition) is 5. The monoisotopic (exact) mass is 286 g/mol. The molecule has 0 unspecified atom stereocenters. The van der Waals surface area contributed by atoms with E-state index in [0.717, 1.165) is 4.57 Å². The molecule has 0 aliphatic heterocycles. The van der Waals surface area contributed by atoms with Crippen molar-refractivity contribution in [2.75, 3.05) is 0 Å². The maximum absolute atomic E-state index is 12.1. The predicted octanol–water partition coefficient (Wildman–Crippen LogP) is 1.00. The summed E-state index contributed by atoms with van der Waals surface area (Å²) < 4.78 is 0.888. The van der Waals surface area contributed by atoms with Gasteiger partial charge in [-0.3, -0.25) is 19.5 Å². The molecule has 1 aromatic carbocycles. The Labute approximate surface area is 118 Å². The first-order chi connectivity index (χ1) is 9.99. The molecule has 0 spiro atoms. The van der Waals surface area contributed by atoms with Crippen molar-refractivity contribution in [2.45, 2.75) is 13.5 Å². The summed E-state index contributed by atoms with van der Waals surface area (Å²) in [5, 5.41) is 19.9. The molecule has 0 radical (unpaired) electrons. The normalized spacial score (nSPS) is 10.1. The van der Waals surface area contributed by atoms with Crippen LogP contribution < -0.4 is 11.2 Å². The van der Waals surface area contributed by atoms with E-state index in [1.165, 1.54) is 24.3 Å². The molecule has 0 saturated carbocycles. The number of rotatable bonds is 3. The Morgan fingerprint density at radius 3 is 2.71 bits per heavy atom. The summed E-state index contributed by atoms with van der Waals surface area (Å²) in [6.07, 6.45) is 0. The van der Waals surface area contributed by atoms with Crippen molar-refractivity contribution >= 4 is 5.69 Å². The Kier molecular flexibility index (Phi) is 3.67. The molecule has 1 aromatic heterocycles. The first-order valence-corrected chi connectivity index (χ1v) is 6.01. The third-order valence-electron chi connectivity index (χ3n) is 2.96. The van der Waals surface area contributed by atoms with Gasteiger partial charge in [-0.2, -0.15) is 5.26 Å². The van der Waals surface area contributed by atoms with Crippen molar-refractivity contribution in [1.29, 1.82) is 5.26 Å². The first-order valence-electron chi connectivity index (χ1n) is 6.01. The number of nitro groups is 1. The minimum absolute atomic E-state index is 0.0131. The lowest BCUT2D eigenvalue weighted by atomic mass is 10.1. The van der Waals surface area contributed by atoms with Crippen LogP contribution in [0.15, 0.2) is 33.9 Å². The number of aromatic amines is 1. The van der Waals surface area contributed by atoms with Gasteiger partial charge in [0.15, 0.2) is 0 Å². The van der Waals surface area contributed by atoms with Gasteiger partial charge < -0.3 is 4.98 Å². The SMILES string of the molecule is CCn1c(=O)[nH]c(-c2cccc([N+](=O)[O-])c2)c(C#N)c1=O. The highest BCUT2D eigenvalue weighted by Crippen LogP contribution is 2.22. The number of H-pyrrole nitrogens is 1. The fourth-order valence-corrected chi connectivity index (χ4v) is 1.95. The van der Waals surface area contributed by atoms with Crippen LogP contribution in [0.3, 0.4) is 0 Å². The number of nitro benzene ring substituents is 1. The van der Waals surface area contributed by atoms with Crippen molar-refractivity contribution in [2.24, 2.45) is 0 Å². The van der Waals surface area contributed by atoms with Gasteiger partial charge in [0, 0.05) is 24.2 Å². The summed E-state index contributed by atoms with van der Waals surface area (Å²) in [6.45, 7) is 1.73. The highest BCUT2D eigenvalue weighted by atomic mass is 16.6. The molecule has 8 heteroatoms. The lowest BCUT2D eigenvalue weighted by Gasteiger charge is -2.07. The van der Waals surface area contributed by atoms with E-state index in [0.29, 0.717) is 0 Å². The molecule has 0 amide bonds. The minimum atomic E-state index is -0.717. The Bertz CT molecular complexity index is 873. The first kappa shape index (κ1) is 14.2. The zero-order valence-corrected chi connectivity index (χ0v) is 11.0. The number of hydrogen-bond donors (Lipinski definition) is 1. The van der Waals surface area contributed by atoms with Crippen molar-refractivity contribution in [3.05, 3.63) is 60.8 Å². The van der Waals surface area contributed by atoms with Gasteiger partial charge in [0.2, 0.25) is 0 Å². The van der Waals surface area contributed by atoms with E-state index in [-0.39, 0.29) is 29.1 Å². The average Bonchev–Trinajstić information content (AvgIpc) is 2.47. The molecule has 0 aliphatic rings. The summed E-state index contributed by atoms with van der Waals surface area (Å²) in [5.74, 6) is 0. The summed E-state index contributed by atoms with van der Waals surface area (Å²) in [4.78, 5) is 36.5. The van der Waals surface area contributed by atoms with Crippen LogP contribution in [0.5, 0.6) is 0 Å². The second-order valence-electron chi connectivity index (χ2n) is 4.15. The molecule has 1 N–H and O–H groups in total. The van der Waals surface area contributed by atoms with E-state index >= 15 is 0 Å². The zero-order chi connectivity index (χ0) is 15.6. The quantitative estimate of drug-likeness (QED) is 0.666. The van der Waals surface area contributed by atoms with Crippen LogP contribution in [0.2, 0.25) is 0 Å². The van der Waals surface area contributed by atoms with E-state index in [1.54, 1.807) is 13.0 Å². The van der Waals surface area contributed by atoms with Crippen LogP contribution >= 0.6 is 0 Å². The Morgan fingerprint density at radius 1 is 1.43 bits per heavy atom. The van der Waals surface area contributed by atoms with Gasteiger partial charge >= 0.3 is 5.69 Å². The molecule has 106 valence electrons. The number of nitrogens with zero attached hydrogens (tertiary/aromatic N) is 3. The van der Waals surface area contributed by atoms with Crippen molar-refractivity contribution < 1.29 is 4.92 Å². The number of aromatic nitrogens is 2. The lowest BCUT2D eigenvalue weighted by Crippen LogP contribution is -2.36. The van der Waals surface area contributed by atoms with Crippen LogP contribution in [0.1, 0.15) is 12.5 Å². The fourth-order valence-electron chi connectivity index (χ4n) is 1.95. The van der Waals surface area contributed by atoms with Gasteiger partial charge in [-0.1, -0.05) is 12.1 Å². The second-order valence-corrected chi connectivity index (χ2v) is 4.15. The lowest BCUT2D eigenvalue weighted by molar-refractivity contribution is -0.384. The molecule has 0 saturated heterocycles. The van der Waals surface area contributed by atoms with E-state index < -0.39 is 16.2 Å². The standard InChI is InChI=1S/C13H10N4O4/c1-2-16-12(18)10(7-14)11(15-13(16)19)8-4-3-5-9(6-8)17(20)21/h3-6H,2H2,1H3,(H,15,19). The van der Waals surface area contributed by atoms with Crippen LogP contribution in [-0.2, 0) is 6.54 Å².